The van der Waals surface area contributed by atoms with E-state index in [-0.39, 0.29) is 11.8 Å². The number of anilines is 1. The van der Waals surface area contributed by atoms with Crippen LogP contribution in [-0.2, 0) is 16.1 Å². The van der Waals surface area contributed by atoms with Gasteiger partial charge in [0.25, 0.3) is 0 Å². The minimum atomic E-state index is -0.497. The molecule has 0 aliphatic carbocycles. The molecule has 1 aromatic carbocycles. The van der Waals surface area contributed by atoms with Gasteiger partial charge in [0.15, 0.2) is 0 Å². The second-order valence-electron chi connectivity index (χ2n) is 5.27. The highest BCUT2D eigenvalue weighted by atomic mass is 16.2. The number of nitrogens with one attached hydrogen (secondary N) is 1. The van der Waals surface area contributed by atoms with Crippen molar-refractivity contribution in [3.63, 3.8) is 0 Å². The summed E-state index contributed by atoms with van der Waals surface area (Å²) in [6.07, 6.45) is 2.63. The largest absolute Gasteiger partial charge is 0.342 e. The zero-order valence-electron chi connectivity index (χ0n) is 13.1. The predicted octanol–water partition coefficient (Wildman–Crippen LogP) is 2.12. The summed E-state index contributed by atoms with van der Waals surface area (Å²) in [7, 11) is 1.73. The Morgan fingerprint density at radius 1 is 1.33 bits per heavy atom. The molecule has 0 aromatic heterocycles. The lowest BCUT2D eigenvalue weighted by Crippen LogP contribution is -2.36. The van der Waals surface area contributed by atoms with Gasteiger partial charge < -0.3 is 16.0 Å². The van der Waals surface area contributed by atoms with Gasteiger partial charge >= 0.3 is 0 Å². The van der Waals surface area contributed by atoms with Gasteiger partial charge in [-0.1, -0.05) is 38.0 Å². The van der Waals surface area contributed by atoms with Crippen LogP contribution >= 0.6 is 0 Å². The van der Waals surface area contributed by atoms with Crippen LogP contribution in [-0.4, -0.2) is 29.8 Å². The van der Waals surface area contributed by atoms with Gasteiger partial charge in [0, 0.05) is 26.2 Å². The molecule has 3 N–H and O–H groups in total. The summed E-state index contributed by atoms with van der Waals surface area (Å²) in [6.45, 7) is 4.04. The van der Waals surface area contributed by atoms with Crippen LogP contribution in [0.15, 0.2) is 24.3 Å². The van der Waals surface area contributed by atoms with Gasteiger partial charge in [-0.2, -0.15) is 0 Å². The summed E-state index contributed by atoms with van der Waals surface area (Å²) in [6, 6.07) is 6.96. The van der Waals surface area contributed by atoms with Crippen molar-refractivity contribution in [3.05, 3.63) is 29.8 Å². The second kappa shape index (κ2) is 8.42. The molecule has 5 heteroatoms. The van der Waals surface area contributed by atoms with Crippen LogP contribution in [0, 0.1) is 0 Å². The van der Waals surface area contributed by atoms with E-state index in [9.17, 15) is 9.59 Å². The van der Waals surface area contributed by atoms with Crippen LogP contribution in [0.2, 0.25) is 0 Å². The molecule has 0 saturated heterocycles. The standard InChI is InChI=1S/C16H25N3O2/c1-4-5-9-14(17)16(21)18-15-10-7-6-8-13(15)11-19(3)12(2)20/h6-8,10,14H,4-5,9,11,17H2,1-3H3,(H,18,21). The van der Waals surface area contributed by atoms with E-state index in [0.717, 1.165) is 18.4 Å². The first-order valence-corrected chi connectivity index (χ1v) is 7.31. The van der Waals surface area contributed by atoms with Crippen LogP contribution in [0.5, 0.6) is 0 Å². The van der Waals surface area contributed by atoms with E-state index < -0.39 is 6.04 Å². The zero-order valence-corrected chi connectivity index (χ0v) is 13.1. The second-order valence-corrected chi connectivity index (χ2v) is 5.27. The number of amides is 2. The molecule has 0 heterocycles. The Kier molecular flexibility index (Phi) is 6.88. The van der Waals surface area contributed by atoms with Gasteiger partial charge in [-0.15, -0.1) is 0 Å². The highest BCUT2D eigenvalue weighted by Gasteiger charge is 2.15. The summed E-state index contributed by atoms with van der Waals surface area (Å²) in [4.78, 5) is 25.0. The van der Waals surface area contributed by atoms with E-state index in [1.807, 2.05) is 24.3 Å². The fourth-order valence-electron chi connectivity index (χ4n) is 1.93. The number of hydrogen-bond donors (Lipinski definition) is 2. The van der Waals surface area contributed by atoms with E-state index in [2.05, 4.69) is 12.2 Å². The lowest BCUT2D eigenvalue weighted by molar-refractivity contribution is -0.128. The Bertz CT molecular complexity index is 488. The fourth-order valence-corrected chi connectivity index (χ4v) is 1.93. The lowest BCUT2D eigenvalue weighted by atomic mass is 10.1. The maximum absolute atomic E-state index is 12.1. The maximum Gasteiger partial charge on any atom is 0.241 e. The third-order valence-corrected chi connectivity index (χ3v) is 3.43. The van der Waals surface area contributed by atoms with Gasteiger partial charge in [-0.25, -0.2) is 0 Å². The van der Waals surface area contributed by atoms with E-state index in [4.69, 9.17) is 5.73 Å². The number of hydrogen-bond acceptors (Lipinski definition) is 3. The molecule has 0 spiro atoms. The number of carbonyl (C=O) groups excluding carboxylic acids is 2. The van der Waals surface area contributed by atoms with Crippen molar-refractivity contribution in [2.75, 3.05) is 12.4 Å². The topological polar surface area (TPSA) is 75.4 Å². The molecule has 0 aliphatic heterocycles. The molecule has 0 bridgehead atoms. The molecule has 0 fully saturated rings. The minimum absolute atomic E-state index is 0.0178. The van der Waals surface area contributed by atoms with Gasteiger partial charge in [0.2, 0.25) is 11.8 Å². The molecular weight excluding hydrogens is 266 g/mol. The average molecular weight is 291 g/mol. The first kappa shape index (κ1) is 17.2. The highest BCUT2D eigenvalue weighted by molar-refractivity contribution is 5.95. The van der Waals surface area contributed by atoms with Crippen molar-refractivity contribution >= 4 is 17.5 Å². The van der Waals surface area contributed by atoms with E-state index in [1.54, 1.807) is 11.9 Å². The molecule has 21 heavy (non-hydrogen) atoms. The number of para-hydroxylation sites is 1. The molecule has 1 unspecified atom stereocenters. The number of nitrogens with zero attached hydrogens (tertiary/aromatic N) is 1. The maximum atomic E-state index is 12.1. The van der Waals surface area contributed by atoms with Gasteiger partial charge in [0.05, 0.1) is 6.04 Å². The van der Waals surface area contributed by atoms with Gasteiger partial charge in [0.1, 0.15) is 0 Å². The molecular formula is C16H25N3O2. The quantitative estimate of drug-likeness (QED) is 0.808. The Balaban J connectivity index is 2.74. The first-order chi connectivity index (χ1) is 9.95. The number of unbranched alkanes of at least 4 members (excludes halogenated alkanes) is 1. The van der Waals surface area contributed by atoms with E-state index in [0.29, 0.717) is 18.7 Å². The average Bonchev–Trinajstić information content (AvgIpc) is 2.46. The molecule has 0 radical (unpaired) electrons. The van der Waals surface area contributed by atoms with Crippen LogP contribution < -0.4 is 11.1 Å². The zero-order chi connectivity index (χ0) is 15.8. The molecule has 116 valence electrons. The minimum Gasteiger partial charge on any atom is -0.342 e. The molecule has 0 aliphatic rings. The van der Waals surface area contributed by atoms with Gasteiger partial charge in [-0.05, 0) is 18.1 Å². The Morgan fingerprint density at radius 2 is 2.00 bits per heavy atom. The summed E-state index contributed by atoms with van der Waals surface area (Å²) >= 11 is 0. The third kappa shape index (κ3) is 5.55. The third-order valence-electron chi connectivity index (χ3n) is 3.43. The molecule has 1 rings (SSSR count). The highest BCUT2D eigenvalue weighted by Crippen LogP contribution is 2.17. The number of rotatable bonds is 7. The molecule has 0 saturated carbocycles. The monoisotopic (exact) mass is 291 g/mol. The van der Waals surface area contributed by atoms with E-state index in [1.165, 1.54) is 6.92 Å². The number of benzene rings is 1. The SMILES string of the molecule is CCCCC(N)C(=O)Nc1ccccc1CN(C)C(C)=O. The molecule has 1 aromatic rings. The first-order valence-electron chi connectivity index (χ1n) is 7.31. The Hall–Kier alpha value is -1.88. The smallest absolute Gasteiger partial charge is 0.241 e. The predicted molar refractivity (Wildman–Crippen MR) is 84.7 cm³/mol. The van der Waals surface area contributed by atoms with Crippen molar-refractivity contribution in [3.8, 4) is 0 Å². The summed E-state index contributed by atoms with van der Waals surface area (Å²) in [5.74, 6) is -0.197. The van der Waals surface area contributed by atoms with Crippen molar-refractivity contribution in [1.29, 1.82) is 0 Å². The Labute approximate surface area is 126 Å². The van der Waals surface area contributed by atoms with Crippen molar-refractivity contribution < 1.29 is 9.59 Å². The van der Waals surface area contributed by atoms with Crippen molar-refractivity contribution in [1.82, 2.24) is 4.90 Å². The van der Waals surface area contributed by atoms with Crippen LogP contribution in [0.1, 0.15) is 38.7 Å². The molecule has 5 nitrogen and oxygen atoms in total. The number of nitrogens with two attached hydrogens (primary N) is 1. The van der Waals surface area contributed by atoms with Crippen LogP contribution in [0.3, 0.4) is 0 Å². The summed E-state index contributed by atoms with van der Waals surface area (Å²) in [5, 5.41) is 2.86. The summed E-state index contributed by atoms with van der Waals surface area (Å²) < 4.78 is 0. The van der Waals surface area contributed by atoms with Crippen LogP contribution in [0.25, 0.3) is 0 Å². The van der Waals surface area contributed by atoms with Gasteiger partial charge in [-0.3, -0.25) is 9.59 Å². The van der Waals surface area contributed by atoms with Crippen molar-refractivity contribution in [2.24, 2.45) is 5.73 Å². The fraction of sp³-hybridized carbons (Fsp3) is 0.500. The molecule has 2 amide bonds. The normalized spacial score (nSPS) is 11.8. The Morgan fingerprint density at radius 3 is 2.62 bits per heavy atom. The lowest BCUT2D eigenvalue weighted by Gasteiger charge is -2.19. The van der Waals surface area contributed by atoms with Crippen molar-refractivity contribution in [2.45, 2.75) is 45.7 Å². The number of carbonyl (C=O) groups is 2. The molecule has 1 atom stereocenters. The van der Waals surface area contributed by atoms with E-state index >= 15 is 0 Å². The summed E-state index contributed by atoms with van der Waals surface area (Å²) in [5.41, 5.74) is 7.48. The van der Waals surface area contributed by atoms with Crippen LogP contribution in [0.4, 0.5) is 5.69 Å².